The Morgan fingerprint density at radius 1 is 1.15 bits per heavy atom. The summed E-state index contributed by atoms with van der Waals surface area (Å²) in [7, 11) is 3.45. The lowest BCUT2D eigenvalue weighted by atomic mass is 10.1. The van der Waals surface area contributed by atoms with Gasteiger partial charge in [-0.2, -0.15) is 0 Å². The van der Waals surface area contributed by atoms with E-state index in [1.165, 1.54) is 0 Å². The van der Waals surface area contributed by atoms with Crippen molar-refractivity contribution in [1.82, 2.24) is 4.90 Å². The van der Waals surface area contributed by atoms with Crippen LogP contribution in [0.1, 0.15) is 16.8 Å². The number of nitrogens with zero attached hydrogens (tertiary/aromatic N) is 2. The van der Waals surface area contributed by atoms with Crippen molar-refractivity contribution in [3.8, 4) is 0 Å². The number of hydrogen-bond acceptors (Lipinski definition) is 2. The van der Waals surface area contributed by atoms with Crippen molar-refractivity contribution in [2.45, 2.75) is 6.42 Å². The van der Waals surface area contributed by atoms with Gasteiger partial charge in [0, 0.05) is 38.0 Å². The topological polar surface area (TPSA) is 40.6 Å². The average molecular weight is 268 g/mol. The van der Waals surface area contributed by atoms with Gasteiger partial charge in [-0.3, -0.25) is 9.59 Å². The second-order valence-corrected chi connectivity index (χ2v) is 5.18. The van der Waals surface area contributed by atoms with Gasteiger partial charge in [0.25, 0.3) is 5.91 Å². The minimum atomic E-state index is -0.0108. The van der Waals surface area contributed by atoms with E-state index in [0.717, 1.165) is 22.0 Å². The lowest BCUT2D eigenvalue weighted by molar-refractivity contribution is -0.128. The third kappa shape index (κ3) is 1.84. The summed E-state index contributed by atoms with van der Waals surface area (Å²) in [5.74, 6) is 0.0179. The molecular weight excluding hydrogens is 252 g/mol. The highest BCUT2D eigenvalue weighted by molar-refractivity contribution is 6.25. The van der Waals surface area contributed by atoms with Crippen LogP contribution in [0.25, 0.3) is 10.8 Å². The van der Waals surface area contributed by atoms with Crippen LogP contribution >= 0.6 is 0 Å². The van der Waals surface area contributed by atoms with Crippen molar-refractivity contribution in [1.29, 1.82) is 0 Å². The summed E-state index contributed by atoms with van der Waals surface area (Å²) in [5, 5.41) is 2.06. The van der Waals surface area contributed by atoms with Crippen molar-refractivity contribution in [3.63, 3.8) is 0 Å². The Kier molecular flexibility index (Phi) is 2.93. The van der Waals surface area contributed by atoms with Crippen LogP contribution in [-0.4, -0.2) is 37.4 Å². The first-order valence-corrected chi connectivity index (χ1v) is 6.63. The highest BCUT2D eigenvalue weighted by atomic mass is 16.2. The van der Waals surface area contributed by atoms with Crippen LogP contribution in [0.2, 0.25) is 0 Å². The first-order valence-electron chi connectivity index (χ1n) is 6.63. The van der Waals surface area contributed by atoms with Crippen molar-refractivity contribution >= 4 is 28.3 Å². The molecular formula is C16H16N2O2. The fourth-order valence-electron chi connectivity index (χ4n) is 2.63. The highest BCUT2D eigenvalue weighted by Gasteiger charge is 2.29. The lowest BCUT2D eigenvalue weighted by Gasteiger charge is -2.18. The third-order valence-corrected chi connectivity index (χ3v) is 3.70. The number of amides is 2. The maximum atomic E-state index is 12.5. The first kappa shape index (κ1) is 12.7. The van der Waals surface area contributed by atoms with Gasteiger partial charge in [0.15, 0.2) is 0 Å². The van der Waals surface area contributed by atoms with Crippen LogP contribution in [0.15, 0.2) is 36.4 Å². The molecule has 2 amide bonds. The van der Waals surface area contributed by atoms with Crippen LogP contribution in [0.3, 0.4) is 0 Å². The molecule has 0 N–H and O–H groups in total. The predicted molar refractivity (Wildman–Crippen MR) is 78.9 cm³/mol. The Morgan fingerprint density at radius 3 is 2.55 bits per heavy atom. The molecule has 0 unspecified atom stereocenters. The van der Waals surface area contributed by atoms with Crippen LogP contribution in [0, 0.1) is 0 Å². The Labute approximate surface area is 117 Å². The molecule has 20 heavy (non-hydrogen) atoms. The van der Waals surface area contributed by atoms with E-state index in [0.29, 0.717) is 13.0 Å². The van der Waals surface area contributed by atoms with E-state index in [-0.39, 0.29) is 11.8 Å². The van der Waals surface area contributed by atoms with Gasteiger partial charge in [-0.25, -0.2) is 0 Å². The fraction of sp³-hybridized carbons (Fsp3) is 0.250. The zero-order chi connectivity index (χ0) is 14.3. The average Bonchev–Trinajstić information content (AvgIpc) is 2.72. The van der Waals surface area contributed by atoms with Gasteiger partial charge in [0.2, 0.25) is 5.91 Å². The van der Waals surface area contributed by atoms with E-state index in [1.54, 1.807) is 23.9 Å². The van der Waals surface area contributed by atoms with Gasteiger partial charge < -0.3 is 9.80 Å². The Hall–Kier alpha value is -2.36. The van der Waals surface area contributed by atoms with Crippen molar-refractivity contribution < 1.29 is 9.59 Å². The van der Waals surface area contributed by atoms with Gasteiger partial charge in [0.1, 0.15) is 0 Å². The molecule has 0 fully saturated rings. The van der Waals surface area contributed by atoms with E-state index in [1.807, 2.05) is 36.4 Å². The summed E-state index contributed by atoms with van der Waals surface area (Å²) in [4.78, 5) is 27.4. The van der Waals surface area contributed by atoms with Crippen molar-refractivity contribution in [2.24, 2.45) is 0 Å². The van der Waals surface area contributed by atoms with Gasteiger partial charge in [-0.15, -0.1) is 0 Å². The van der Waals surface area contributed by atoms with Crippen LogP contribution in [-0.2, 0) is 4.79 Å². The molecule has 4 heteroatoms. The number of anilines is 1. The lowest BCUT2D eigenvalue weighted by Crippen LogP contribution is -2.32. The molecule has 2 aromatic carbocycles. The maximum Gasteiger partial charge on any atom is 0.259 e. The largest absolute Gasteiger partial charge is 0.349 e. The van der Waals surface area contributed by atoms with E-state index in [9.17, 15) is 9.59 Å². The second-order valence-electron chi connectivity index (χ2n) is 5.18. The smallest absolute Gasteiger partial charge is 0.259 e. The molecule has 1 aliphatic rings. The summed E-state index contributed by atoms with van der Waals surface area (Å²) in [5.41, 5.74) is 1.64. The molecule has 0 spiro atoms. The molecule has 0 saturated heterocycles. The van der Waals surface area contributed by atoms with Gasteiger partial charge in [0.05, 0.1) is 5.69 Å². The Morgan fingerprint density at radius 2 is 1.85 bits per heavy atom. The zero-order valence-electron chi connectivity index (χ0n) is 11.6. The Bertz CT molecular complexity index is 701. The zero-order valence-corrected chi connectivity index (χ0v) is 11.6. The standard InChI is InChI=1S/C16H16N2O2/c1-17(2)14(19)9-10-18-13-8-4-6-11-5-3-7-12(15(11)13)16(18)20/h3-8H,9-10H2,1-2H3. The summed E-state index contributed by atoms with van der Waals surface area (Å²) in [6.07, 6.45) is 0.336. The number of rotatable bonds is 3. The number of carbonyl (C=O) groups is 2. The van der Waals surface area contributed by atoms with Crippen molar-refractivity contribution in [3.05, 3.63) is 42.0 Å². The molecule has 0 radical (unpaired) electrons. The SMILES string of the molecule is CN(C)C(=O)CCN1C(=O)c2cccc3cccc1c23. The molecule has 0 aromatic heterocycles. The van der Waals surface area contributed by atoms with E-state index >= 15 is 0 Å². The summed E-state index contributed by atoms with van der Waals surface area (Å²) < 4.78 is 0. The molecule has 0 saturated carbocycles. The van der Waals surface area contributed by atoms with Gasteiger partial charge in [-0.05, 0) is 17.5 Å². The maximum absolute atomic E-state index is 12.5. The molecule has 4 nitrogen and oxygen atoms in total. The second kappa shape index (κ2) is 4.63. The summed E-state index contributed by atoms with van der Waals surface area (Å²) in [6.45, 7) is 0.420. The molecule has 2 aromatic rings. The van der Waals surface area contributed by atoms with Gasteiger partial charge >= 0.3 is 0 Å². The van der Waals surface area contributed by atoms with Gasteiger partial charge in [-0.1, -0.05) is 24.3 Å². The minimum absolute atomic E-state index is 0.0108. The molecule has 1 aliphatic heterocycles. The van der Waals surface area contributed by atoms with E-state index in [4.69, 9.17) is 0 Å². The first-order chi connectivity index (χ1) is 9.59. The minimum Gasteiger partial charge on any atom is -0.349 e. The number of hydrogen-bond donors (Lipinski definition) is 0. The number of carbonyl (C=O) groups excluding carboxylic acids is 2. The molecule has 3 rings (SSSR count). The quantitative estimate of drug-likeness (QED) is 0.857. The van der Waals surface area contributed by atoms with Crippen LogP contribution in [0.4, 0.5) is 5.69 Å². The third-order valence-electron chi connectivity index (χ3n) is 3.70. The molecule has 102 valence electrons. The molecule has 0 aliphatic carbocycles. The monoisotopic (exact) mass is 268 g/mol. The summed E-state index contributed by atoms with van der Waals surface area (Å²) >= 11 is 0. The number of benzene rings is 2. The predicted octanol–water partition coefficient (Wildman–Crippen LogP) is 2.28. The Balaban J connectivity index is 1.95. The van der Waals surface area contributed by atoms with Crippen LogP contribution in [0.5, 0.6) is 0 Å². The van der Waals surface area contributed by atoms with E-state index in [2.05, 4.69) is 0 Å². The highest BCUT2D eigenvalue weighted by Crippen LogP contribution is 2.37. The normalized spacial score (nSPS) is 13.1. The molecule has 0 bridgehead atoms. The van der Waals surface area contributed by atoms with E-state index < -0.39 is 0 Å². The molecule has 0 atom stereocenters. The molecule has 1 heterocycles. The summed E-state index contributed by atoms with van der Waals surface area (Å²) in [6, 6.07) is 11.6. The van der Waals surface area contributed by atoms with Crippen molar-refractivity contribution in [2.75, 3.05) is 25.5 Å². The fourth-order valence-corrected chi connectivity index (χ4v) is 2.63. The van der Waals surface area contributed by atoms with Crippen LogP contribution < -0.4 is 4.90 Å².